The molecule has 3 rings (SSSR count). The fraction of sp³-hybridized carbons (Fsp3) is 0.500. The first-order valence-corrected chi connectivity index (χ1v) is 11.6. The van der Waals surface area contributed by atoms with Crippen LogP contribution in [0.5, 0.6) is 0 Å². The zero-order valence-electron chi connectivity index (χ0n) is 19.5. The number of piperidine rings is 1. The van der Waals surface area contributed by atoms with E-state index in [-0.39, 0.29) is 17.9 Å². The fourth-order valence-corrected chi connectivity index (χ4v) is 3.89. The van der Waals surface area contributed by atoms with E-state index in [2.05, 4.69) is 37.2 Å². The number of allylic oxidation sites excluding steroid dienone is 4. The molecule has 2 aliphatic rings. The molecule has 0 spiro atoms. The van der Waals surface area contributed by atoms with Crippen molar-refractivity contribution >= 4 is 6.03 Å². The number of rotatable bonds is 8. The van der Waals surface area contributed by atoms with Crippen LogP contribution in [-0.4, -0.2) is 55.2 Å². The Balaban J connectivity index is 1.62. The number of urea groups is 1. The van der Waals surface area contributed by atoms with Crippen molar-refractivity contribution in [3.8, 4) is 0 Å². The van der Waals surface area contributed by atoms with Crippen molar-refractivity contribution < 1.29 is 13.9 Å². The molecule has 2 amide bonds. The third-order valence-corrected chi connectivity index (χ3v) is 5.85. The van der Waals surface area contributed by atoms with Crippen LogP contribution in [0.15, 0.2) is 59.9 Å². The molecule has 1 aliphatic carbocycles. The summed E-state index contributed by atoms with van der Waals surface area (Å²) in [6.45, 7) is 7.84. The van der Waals surface area contributed by atoms with Crippen LogP contribution in [0.1, 0.15) is 38.7 Å². The Morgan fingerprint density at radius 1 is 1.22 bits per heavy atom. The van der Waals surface area contributed by atoms with Gasteiger partial charge in [0.25, 0.3) is 0 Å². The van der Waals surface area contributed by atoms with Crippen LogP contribution in [0.4, 0.5) is 9.18 Å². The van der Waals surface area contributed by atoms with Gasteiger partial charge in [0.1, 0.15) is 11.6 Å². The summed E-state index contributed by atoms with van der Waals surface area (Å²) in [5.41, 5.74) is 2.06. The number of hydrogen-bond acceptors (Lipinski definition) is 3. The number of halogens is 1. The van der Waals surface area contributed by atoms with E-state index in [1.54, 1.807) is 12.1 Å². The van der Waals surface area contributed by atoms with Gasteiger partial charge in [0.05, 0.1) is 6.61 Å². The average Bonchev–Trinajstić information content (AvgIpc) is 3.01. The van der Waals surface area contributed by atoms with E-state index < -0.39 is 0 Å². The first-order chi connectivity index (χ1) is 15.4. The maximum atomic E-state index is 13.3. The van der Waals surface area contributed by atoms with Gasteiger partial charge in [-0.05, 0) is 80.7 Å². The Morgan fingerprint density at radius 2 is 1.94 bits per heavy atom. The van der Waals surface area contributed by atoms with Crippen LogP contribution >= 0.6 is 0 Å². The molecule has 0 aromatic heterocycles. The first-order valence-electron chi connectivity index (χ1n) is 11.6. The SMILES string of the molecule is CC(C)COC1=CC=C(CNC(=O)N(Cc2ccc(F)cc2)C2CCN(C)CC2)CC=C1. The molecule has 1 N–H and O–H groups in total. The second-order valence-corrected chi connectivity index (χ2v) is 9.15. The highest BCUT2D eigenvalue weighted by molar-refractivity contribution is 5.75. The third kappa shape index (κ3) is 7.52. The van der Waals surface area contributed by atoms with Crippen LogP contribution in [0.3, 0.4) is 0 Å². The number of carbonyl (C=O) groups is 1. The number of ether oxygens (including phenoxy) is 1. The highest BCUT2D eigenvalue weighted by Crippen LogP contribution is 2.19. The molecule has 1 aromatic carbocycles. The normalized spacial score (nSPS) is 17.5. The van der Waals surface area contributed by atoms with Crippen LogP contribution in [0.2, 0.25) is 0 Å². The minimum absolute atomic E-state index is 0.0711. The maximum Gasteiger partial charge on any atom is 0.318 e. The van der Waals surface area contributed by atoms with Crippen molar-refractivity contribution in [1.29, 1.82) is 0 Å². The van der Waals surface area contributed by atoms with Gasteiger partial charge in [-0.15, -0.1) is 0 Å². The molecule has 1 aromatic rings. The molecule has 32 heavy (non-hydrogen) atoms. The summed E-state index contributed by atoms with van der Waals surface area (Å²) in [6, 6.07) is 6.52. The number of likely N-dealkylation sites (tertiary alicyclic amines) is 1. The van der Waals surface area contributed by atoms with Gasteiger partial charge in [0, 0.05) is 19.1 Å². The summed E-state index contributed by atoms with van der Waals surface area (Å²) in [5.74, 6) is 1.06. The molecule has 1 saturated heterocycles. The number of nitrogens with zero attached hydrogens (tertiary/aromatic N) is 2. The summed E-state index contributed by atoms with van der Waals surface area (Å²) in [5, 5.41) is 3.11. The number of benzene rings is 1. The molecule has 0 radical (unpaired) electrons. The minimum atomic E-state index is -0.262. The second kappa shape index (κ2) is 11.9. The molecule has 0 bridgehead atoms. The number of hydrogen-bond donors (Lipinski definition) is 1. The predicted molar refractivity (Wildman–Crippen MR) is 127 cm³/mol. The summed E-state index contributed by atoms with van der Waals surface area (Å²) in [7, 11) is 2.11. The van der Waals surface area contributed by atoms with E-state index in [1.165, 1.54) is 12.1 Å². The van der Waals surface area contributed by atoms with Gasteiger partial charge in [0.15, 0.2) is 0 Å². The molecule has 1 fully saturated rings. The number of nitrogens with one attached hydrogen (secondary N) is 1. The largest absolute Gasteiger partial charge is 0.493 e. The fourth-order valence-electron chi connectivity index (χ4n) is 3.89. The monoisotopic (exact) mass is 441 g/mol. The topological polar surface area (TPSA) is 44.8 Å². The van der Waals surface area contributed by atoms with Gasteiger partial charge >= 0.3 is 6.03 Å². The Hall–Kier alpha value is -2.60. The van der Waals surface area contributed by atoms with Crippen molar-refractivity contribution in [2.75, 3.05) is 33.3 Å². The minimum Gasteiger partial charge on any atom is -0.493 e. The van der Waals surface area contributed by atoms with Crippen molar-refractivity contribution in [1.82, 2.24) is 15.1 Å². The lowest BCUT2D eigenvalue weighted by Gasteiger charge is -2.37. The van der Waals surface area contributed by atoms with Gasteiger partial charge in [-0.1, -0.05) is 38.1 Å². The lowest BCUT2D eigenvalue weighted by Crippen LogP contribution is -2.50. The van der Waals surface area contributed by atoms with Gasteiger partial charge in [-0.25, -0.2) is 9.18 Å². The van der Waals surface area contributed by atoms with Crippen LogP contribution in [0.25, 0.3) is 0 Å². The lowest BCUT2D eigenvalue weighted by atomic mass is 10.0. The summed E-state index contributed by atoms with van der Waals surface area (Å²) < 4.78 is 19.1. The summed E-state index contributed by atoms with van der Waals surface area (Å²) >= 11 is 0. The van der Waals surface area contributed by atoms with Crippen molar-refractivity contribution in [2.45, 2.75) is 45.7 Å². The highest BCUT2D eigenvalue weighted by Gasteiger charge is 2.27. The van der Waals surface area contributed by atoms with Gasteiger partial charge in [-0.2, -0.15) is 0 Å². The third-order valence-electron chi connectivity index (χ3n) is 5.85. The number of carbonyl (C=O) groups excluding carboxylic acids is 1. The molecule has 6 heteroatoms. The molecule has 0 unspecified atom stereocenters. The zero-order chi connectivity index (χ0) is 22.9. The molecule has 1 aliphatic heterocycles. The second-order valence-electron chi connectivity index (χ2n) is 9.15. The Kier molecular flexibility index (Phi) is 8.91. The quantitative estimate of drug-likeness (QED) is 0.626. The number of amides is 2. The van der Waals surface area contributed by atoms with E-state index in [0.29, 0.717) is 25.6 Å². The van der Waals surface area contributed by atoms with Gasteiger partial charge in [0.2, 0.25) is 0 Å². The van der Waals surface area contributed by atoms with Crippen LogP contribution < -0.4 is 5.32 Å². The Bertz CT molecular complexity index is 837. The molecular weight excluding hydrogens is 405 g/mol. The molecule has 0 atom stereocenters. The van der Waals surface area contributed by atoms with E-state index in [0.717, 1.165) is 49.2 Å². The van der Waals surface area contributed by atoms with Gasteiger partial charge < -0.3 is 19.9 Å². The first kappa shape index (κ1) is 24.1. The van der Waals surface area contributed by atoms with E-state index in [4.69, 9.17) is 4.74 Å². The highest BCUT2D eigenvalue weighted by atomic mass is 19.1. The molecule has 174 valence electrons. The maximum absolute atomic E-state index is 13.3. The zero-order valence-corrected chi connectivity index (χ0v) is 19.5. The standard InChI is InChI=1S/C26H36FN3O2/c1-20(2)19-32-25-6-4-5-21(9-12-25)17-28-26(31)30(24-13-15-29(3)16-14-24)18-22-7-10-23(27)11-8-22/h4,6-12,20,24H,5,13-19H2,1-3H3,(H,28,31). The van der Waals surface area contributed by atoms with Crippen molar-refractivity contribution in [3.05, 3.63) is 71.3 Å². The summed E-state index contributed by atoms with van der Waals surface area (Å²) in [6.07, 6.45) is 10.7. The lowest BCUT2D eigenvalue weighted by molar-refractivity contribution is 0.127. The van der Waals surface area contributed by atoms with E-state index >= 15 is 0 Å². The van der Waals surface area contributed by atoms with Crippen molar-refractivity contribution in [2.24, 2.45) is 5.92 Å². The molecule has 5 nitrogen and oxygen atoms in total. The predicted octanol–water partition coefficient (Wildman–Crippen LogP) is 4.87. The van der Waals surface area contributed by atoms with E-state index in [9.17, 15) is 9.18 Å². The van der Waals surface area contributed by atoms with E-state index in [1.807, 2.05) is 23.1 Å². The molecular formula is C26H36FN3O2. The van der Waals surface area contributed by atoms with Crippen LogP contribution in [-0.2, 0) is 11.3 Å². The molecule has 1 heterocycles. The van der Waals surface area contributed by atoms with Gasteiger partial charge in [-0.3, -0.25) is 0 Å². The Morgan fingerprint density at radius 3 is 2.62 bits per heavy atom. The van der Waals surface area contributed by atoms with Crippen LogP contribution in [0, 0.1) is 11.7 Å². The molecule has 0 saturated carbocycles. The summed E-state index contributed by atoms with van der Waals surface area (Å²) in [4.78, 5) is 17.4. The smallest absolute Gasteiger partial charge is 0.318 e. The Labute approximate surface area is 191 Å². The van der Waals surface area contributed by atoms with Crippen molar-refractivity contribution in [3.63, 3.8) is 0 Å². The average molecular weight is 442 g/mol.